The number of piperidine rings is 1. The van der Waals surface area contributed by atoms with Crippen LogP contribution in [0.3, 0.4) is 0 Å². The van der Waals surface area contributed by atoms with Gasteiger partial charge in [0.1, 0.15) is 10.7 Å². The Morgan fingerprint density at radius 1 is 1.27 bits per heavy atom. The number of benzene rings is 2. The first-order valence-corrected chi connectivity index (χ1v) is 11.6. The van der Waals surface area contributed by atoms with E-state index in [2.05, 4.69) is 4.72 Å². The van der Waals surface area contributed by atoms with E-state index in [0.717, 1.165) is 31.4 Å². The zero-order valence-electron chi connectivity index (χ0n) is 16.6. The second-order valence-electron chi connectivity index (χ2n) is 7.14. The van der Waals surface area contributed by atoms with Crippen LogP contribution in [0.15, 0.2) is 47.4 Å². The lowest BCUT2D eigenvalue weighted by Gasteiger charge is -2.32. The third-order valence-electron chi connectivity index (χ3n) is 4.79. The zero-order valence-corrected chi connectivity index (χ0v) is 18.2. The normalized spacial score (nSPS) is 17.0. The van der Waals surface area contributed by atoms with Crippen molar-refractivity contribution in [3.63, 3.8) is 0 Å². The number of amides is 1. The van der Waals surface area contributed by atoms with Crippen LogP contribution in [0.5, 0.6) is 0 Å². The largest absolute Gasteiger partial charge is 0.376 e. The maximum atomic E-state index is 13.1. The van der Waals surface area contributed by atoms with Crippen molar-refractivity contribution in [2.24, 2.45) is 0 Å². The molecule has 2 aromatic carbocycles. The predicted octanol–water partition coefficient (Wildman–Crippen LogP) is 4.31. The molecule has 0 saturated carbocycles. The van der Waals surface area contributed by atoms with Crippen molar-refractivity contribution in [3.8, 4) is 0 Å². The molecule has 1 heterocycles. The molecule has 1 aliphatic rings. The van der Waals surface area contributed by atoms with Gasteiger partial charge in [0.05, 0.1) is 11.1 Å². The highest BCUT2D eigenvalue weighted by Gasteiger charge is 2.27. The van der Waals surface area contributed by atoms with Crippen molar-refractivity contribution in [3.05, 3.63) is 58.9 Å². The number of rotatable bonds is 7. The Kier molecular flexibility index (Phi) is 7.33. The van der Waals surface area contributed by atoms with Gasteiger partial charge in [-0.3, -0.25) is 9.52 Å². The molecule has 0 bridgehead atoms. The minimum atomic E-state index is -4.07. The van der Waals surface area contributed by atoms with Gasteiger partial charge < -0.3 is 9.64 Å². The number of sulfonamides is 1. The summed E-state index contributed by atoms with van der Waals surface area (Å²) in [7, 11) is -4.07. The van der Waals surface area contributed by atoms with Crippen LogP contribution >= 0.6 is 11.6 Å². The van der Waals surface area contributed by atoms with Crippen molar-refractivity contribution >= 4 is 33.2 Å². The van der Waals surface area contributed by atoms with E-state index in [9.17, 15) is 17.6 Å². The van der Waals surface area contributed by atoms with Crippen LogP contribution in [-0.4, -0.2) is 45.0 Å². The quantitative estimate of drug-likeness (QED) is 0.676. The van der Waals surface area contributed by atoms with Crippen molar-refractivity contribution in [2.45, 2.75) is 37.2 Å². The Morgan fingerprint density at radius 3 is 2.70 bits per heavy atom. The summed E-state index contributed by atoms with van der Waals surface area (Å²) in [6.45, 7) is 3.73. The van der Waals surface area contributed by atoms with E-state index in [4.69, 9.17) is 16.3 Å². The lowest BCUT2D eigenvalue weighted by Crippen LogP contribution is -2.43. The average molecular weight is 455 g/mol. The van der Waals surface area contributed by atoms with Gasteiger partial charge in [0.25, 0.3) is 15.9 Å². The number of anilines is 1. The van der Waals surface area contributed by atoms with E-state index in [1.807, 2.05) is 6.92 Å². The molecule has 6 nitrogen and oxygen atoms in total. The van der Waals surface area contributed by atoms with Crippen molar-refractivity contribution < 1.29 is 22.3 Å². The molecule has 3 rings (SSSR count). The lowest BCUT2D eigenvalue weighted by molar-refractivity contribution is 0.00210. The highest BCUT2D eigenvalue weighted by molar-refractivity contribution is 7.92. The summed E-state index contributed by atoms with van der Waals surface area (Å²) < 4.78 is 46.8. The van der Waals surface area contributed by atoms with Crippen LogP contribution in [0.4, 0.5) is 10.1 Å². The fourth-order valence-electron chi connectivity index (χ4n) is 3.30. The molecule has 0 spiro atoms. The van der Waals surface area contributed by atoms with E-state index in [1.54, 1.807) is 4.90 Å². The standard InChI is InChI=1S/C21H24ClFN2O4S/c1-2-12-29-18-4-3-11-25(14-18)21(26)15-5-10-19(22)20(13-15)30(27,28)24-17-8-6-16(23)7-9-17/h5-10,13,18,24H,2-4,11-12,14H2,1H3. The fourth-order valence-corrected chi connectivity index (χ4v) is 4.88. The summed E-state index contributed by atoms with van der Waals surface area (Å²) in [5.74, 6) is -0.749. The van der Waals surface area contributed by atoms with Gasteiger partial charge in [-0.1, -0.05) is 18.5 Å². The molecule has 1 unspecified atom stereocenters. The molecular weight excluding hydrogens is 431 g/mol. The number of carbonyl (C=O) groups is 1. The summed E-state index contributed by atoms with van der Waals surface area (Å²) in [6, 6.07) is 9.08. The highest BCUT2D eigenvalue weighted by atomic mass is 35.5. The maximum absolute atomic E-state index is 13.1. The van der Waals surface area contributed by atoms with Gasteiger partial charge in [-0.25, -0.2) is 12.8 Å². The number of nitrogens with zero attached hydrogens (tertiary/aromatic N) is 1. The number of carbonyl (C=O) groups excluding carboxylic acids is 1. The smallest absolute Gasteiger partial charge is 0.263 e. The molecule has 1 amide bonds. The highest BCUT2D eigenvalue weighted by Crippen LogP contribution is 2.26. The molecule has 0 radical (unpaired) electrons. The Hall–Kier alpha value is -2.16. The molecule has 2 aromatic rings. The average Bonchev–Trinajstić information content (AvgIpc) is 2.73. The Bertz CT molecular complexity index is 999. The number of hydrogen-bond donors (Lipinski definition) is 1. The molecule has 0 aromatic heterocycles. The Morgan fingerprint density at radius 2 is 2.00 bits per heavy atom. The SMILES string of the molecule is CCCOC1CCCN(C(=O)c2ccc(Cl)c(S(=O)(=O)Nc3ccc(F)cc3)c2)C1. The van der Waals surface area contributed by atoms with E-state index < -0.39 is 15.8 Å². The molecule has 1 fully saturated rings. The molecule has 0 aliphatic carbocycles. The number of ether oxygens (including phenoxy) is 1. The molecule has 162 valence electrons. The van der Waals surface area contributed by atoms with E-state index >= 15 is 0 Å². The number of nitrogens with one attached hydrogen (secondary N) is 1. The molecule has 1 atom stereocenters. The van der Waals surface area contributed by atoms with Crippen LogP contribution in [0.2, 0.25) is 5.02 Å². The number of hydrogen-bond acceptors (Lipinski definition) is 4. The van der Waals surface area contributed by atoms with E-state index in [1.165, 1.54) is 30.3 Å². The summed E-state index contributed by atoms with van der Waals surface area (Å²) in [6.07, 6.45) is 2.61. The van der Waals surface area contributed by atoms with Crippen molar-refractivity contribution in [1.82, 2.24) is 4.90 Å². The number of halogens is 2. The third kappa shape index (κ3) is 5.50. The topological polar surface area (TPSA) is 75.7 Å². The maximum Gasteiger partial charge on any atom is 0.263 e. The Labute approximate surface area is 181 Å². The van der Waals surface area contributed by atoms with Gasteiger partial charge in [0.2, 0.25) is 0 Å². The minimum absolute atomic E-state index is 0.0102. The lowest BCUT2D eigenvalue weighted by atomic mass is 10.1. The summed E-state index contributed by atoms with van der Waals surface area (Å²) in [5, 5.41) is -0.0102. The zero-order chi connectivity index (χ0) is 21.7. The summed E-state index contributed by atoms with van der Waals surface area (Å²) in [5.41, 5.74) is 0.422. The molecule has 1 aliphatic heterocycles. The summed E-state index contributed by atoms with van der Waals surface area (Å²) in [4.78, 5) is 14.4. The molecule has 1 saturated heterocycles. The van der Waals surface area contributed by atoms with Gasteiger partial charge in [0, 0.05) is 30.9 Å². The van der Waals surface area contributed by atoms with Crippen LogP contribution in [0, 0.1) is 5.82 Å². The first kappa shape index (κ1) is 22.5. The van der Waals surface area contributed by atoms with Gasteiger partial charge in [-0.2, -0.15) is 0 Å². The summed E-state index contributed by atoms with van der Waals surface area (Å²) >= 11 is 6.12. The second kappa shape index (κ2) is 9.76. The Balaban J connectivity index is 1.80. The third-order valence-corrected chi connectivity index (χ3v) is 6.65. The second-order valence-corrected chi connectivity index (χ2v) is 9.20. The minimum Gasteiger partial charge on any atom is -0.376 e. The van der Waals surface area contributed by atoms with Gasteiger partial charge in [0.15, 0.2) is 0 Å². The van der Waals surface area contributed by atoms with Gasteiger partial charge >= 0.3 is 0 Å². The monoisotopic (exact) mass is 454 g/mol. The number of likely N-dealkylation sites (tertiary alicyclic amines) is 1. The molecular formula is C21H24ClFN2O4S. The van der Waals surface area contributed by atoms with Gasteiger partial charge in [-0.15, -0.1) is 0 Å². The first-order valence-electron chi connectivity index (χ1n) is 9.79. The van der Waals surface area contributed by atoms with Crippen LogP contribution in [0.1, 0.15) is 36.5 Å². The predicted molar refractivity (Wildman–Crippen MR) is 114 cm³/mol. The van der Waals surface area contributed by atoms with E-state index in [-0.39, 0.29) is 33.2 Å². The van der Waals surface area contributed by atoms with Crippen molar-refractivity contribution in [1.29, 1.82) is 0 Å². The van der Waals surface area contributed by atoms with Crippen LogP contribution in [0.25, 0.3) is 0 Å². The fraction of sp³-hybridized carbons (Fsp3) is 0.381. The first-order chi connectivity index (χ1) is 14.3. The van der Waals surface area contributed by atoms with Crippen LogP contribution < -0.4 is 4.72 Å². The van der Waals surface area contributed by atoms with Crippen molar-refractivity contribution in [2.75, 3.05) is 24.4 Å². The van der Waals surface area contributed by atoms with Crippen LogP contribution in [-0.2, 0) is 14.8 Å². The molecule has 1 N–H and O–H groups in total. The molecule has 9 heteroatoms. The van der Waals surface area contributed by atoms with Gasteiger partial charge in [-0.05, 0) is 61.7 Å². The molecule has 30 heavy (non-hydrogen) atoms. The van der Waals surface area contributed by atoms with E-state index in [0.29, 0.717) is 19.7 Å².